The third-order valence-corrected chi connectivity index (χ3v) is 10.5. The Morgan fingerprint density at radius 3 is 2.26 bits per heavy atom. The number of aromatic hydroxyl groups is 1. The van der Waals surface area contributed by atoms with E-state index in [4.69, 9.17) is 23.1 Å². The van der Waals surface area contributed by atoms with Gasteiger partial charge in [0.15, 0.2) is 5.96 Å². The second kappa shape index (κ2) is 23.3. The van der Waals surface area contributed by atoms with Crippen LogP contribution in [-0.4, -0.2) is 124 Å². The molecule has 21 heteroatoms. The van der Waals surface area contributed by atoms with Crippen LogP contribution in [0, 0.1) is 11.8 Å². The van der Waals surface area contributed by atoms with Gasteiger partial charge >= 0.3 is 12.0 Å². The number of aromatic nitrogens is 1. The Morgan fingerprint density at radius 2 is 1.62 bits per heavy atom. The highest BCUT2D eigenvalue weighted by Crippen LogP contribution is 2.31. The summed E-state index contributed by atoms with van der Waals surface area (Å²) in [5.74, 6) is -4.94. The number of benzene rings is 1. The predicted molar refractivity (Wildman–Crippen MR) is 229 cm³/mol. The molecule has 1 fully saturated rings. The van der Waals surface area contributed by atoms with E-state index in [2.05, 4.69) is 41.9 Å². The minimum absolute atomic E-state index is 0.0124. The summed E-state index contributed by atoms with van der Waals surface area (Å²) in [4.78, 5) is 103. The number of guanidine groups is 1. The number of amides is 7. The molecule has 2 heterocycles. The fraction of sp³-hybridized carbons (Fsp3) is 0.600. The summed E-state index contributed by atoms with van der Waals surface area (Å²) in [6, 6.07) is -5.03. The van der Waals surface area contributed by atoms with E-state index in [1.165, 1.54) is 24.9 Å². The van der Waals surface area contributed by atoms with Crippen LogP contribution in [0.5, 0.6) is 5.75 Å². The molecule has 13 N–H and O–H groups in total. The molecule has 2 aromatic rings. The maximum Gasteiger partial charge on any atom is 0.326 e. The molecule has 0 saturated carbocycles. The van der Waals surface area contributed by atoms with Crippen molar-refractivity contribution in [2.45, 2.75) is 122 Å². The van der Waals surface area contributed by atoms with Crippen LogP contribution in [0.1, 0.15) is 85.1 Å². The van der Waals surface area contributed by atoms with Crippen molar-refractivity contribution in [3.63, 3.8) is 0 Å². The van der Waals surface area contributed by atoms with Crippen LogP contribution in [0.2, 0.25) is 5.02 Å². The Morgan fingerprint density at radius 1 is 0.951 bits per heavy atom. The maximum absolute atomic E-state index is 14.2. The van der Waals surface area contributed by atoms with Gasteiger partial charge in [-0.1, -0.05) is 39.3 Å². The van der Waals surface area contributed by atoms with Crippen LogP contribution < -0.4 is 43.4 Å². The Hall–Kier alpha value is -5.79. The largest absolute Gasteiger partial charge is 0.506 e. The average molecular weight is 876 g/mol. The molecule has 1 aromatic carbocycles. The number of likely N-dealkylation sites (N-methyl/N-ethyl adjacent to an activating group) is 1. The molecule has 20 nitrogen and oxygen atoms in total. The maximum atomic E-state index is 14.2. The number of halogens is 1. The normalized spacial score (nSPS) is 22.0. The number of carbonyl (C=O) groups excluding carboxylic acids is 6. The number of rotatable bonds is 13. The quantitative estimate of drug-likeness (QED) is 0.0764. The highest BCUT2D eigenvalue weighted by molar-refractivity contribution is 6.32. The van der Waals surface area contributed by atoms with Crippen LogP contribution in [-0.2, 0) is 35.2 Å². The standard InChI is InChI=1S/C40H62ClN11O9/c1-20(2)14-30-37(58)52(6)31(15-21(3)4)36(57)48-29(16-23-19-46-28-18-25(41)32(53)17-24(23)28)34(55)44-12-8-7-10-26(35(56)47-22(5)33(54)49-30)50-40(61)51-27(38(59)60)11-9-13-45-39(42)43/h17-22,26-27,29-31,46,53H,7-16H2,1-6H3,(H,44,55)(H,47,56)(H,48,57)(H,49,54)(H,59,60)(H4,42,43,45)(H2,50,51,61)/t22-,26+,27-,29-,30-,31-/m0/s1. The lowest BCUT2D eigenvalue weighted by molar-refractivity contribution is -0.143. The summed E-state index contributed by atoms with van der Waals surface area (Å²) in [6.07, 6.45) is 2.86. The molecule has 1 saturated heterocycles. The molecule has 3 rings (SSSR count). The van der Waals surface area contributed by atoms with Gasteiger partial charge in [0.2, 0.25) is 29.5 Å². The van der Waals surface area contributed by atoms with Gasteiger partial charge < -0.3 is 63.5 Å². The number of hydrogen-bond donors (Lipinski definition) is 11. The Bertz CT molecular complexity index is 1920. The number of phenols is 1. The van der Waals surface area contributed by atoms with Gasteiger partial charge in [0.1, 0.15) is 42.0 Å². The Kier molecular flexibility index (Phi) is 18.9. The van der Waals surface area contributed by atoms with Crippen molar-refractivity contribution in [2.75, 3.05) is 20.1 Å². The van der Waals surface area contributed by atoms with Crippen molar-refractivity contribution in [1.82, 2.24) is 41.8 Å². The molecule has 0 radical (unpaired) electrons. The zero-order valence-corrected chi connectivity index (χ0v) is 36.4. The minimum atomic E-state index is -1.34. The molecular weight excluding hydrogens is 814 g/mol. The summed E-state index contributed by atoms with van der Waals surface area (Å²) in [7, 11) is 1.46. The number of hydrogen-bond acceptors (Lipinski definition) is 9. The van der Waals surface area contributed by atoms with E-state index in [0.717, 1.165) is 0 Å². The molecular formula is C40H62ClN11O9. The molecule has 6 atom stereocenters. The zero-order valence-electron chi connectivity index (χ0n) is 35.6. The molecule has 0 aliphatic carbocycles. The SMILES string of the molecule is CC(C)C[C@@H]1NC(=O)[C@H](C)NC(=O)[C@H](NC(=O)N[C@@H](CCCN=C(N)N)C(=O)O)CCCCNC(=O)[C@H](Cc2c[nH]c3cc(Cl)c(O)cc23)NC(=O)[C@H](CC(C)C)N(C)C1=O. The van der Waals surface area contributed by atoms with Crippen LogP contribution in [0.4, 0.5) is 4.79 Å². The van der Waals surface area contributed by atoms with E-state index >= 15 is 0 Å². The first-order chi connectivity index (χ1) is 28.7. The zero-order chi connectivity index (χ0) is 45.6. The third kappa shape index (κ3) is 15.3. The first-order valence-electron chi connectivity index (χ1n) is 20.5. The van der Waals surface area contributed by atoms with Crippen molar-refractivity contribution < 1.29 is 43.8 Å². The van der Waals surface area contributed by atoms with Gasteiger partial charge in [0, 0.05) is 43.7 Å². The molecule has 0 spiro atoms. The third-order valence-electron chi connectivity index (χ3n) is 10.2. The lowest BCUT2D eigenvalue weighted by Crippen LogP contribution is -2.59. The number of urea groups is 1. The number of aliphatic imine (C=N–C) groups is 1. The number of carbonyl (C=O) groups is 7. The molecule has 1 aliphatic rings. The number of H-pyrrole nitrogens is 1. The van der Waals surface area contributed by atoms with Gasteiger partial charge in [0.05, 0.1) is 5.02 Å². The Balaban J connectivity index is 1.97. The van der Waals surface area contributed by atoms with Crippen LogP contribution in [0.15, 0.2) is 23.3 Å². The second-order valence-corrected chi connectivity index (χ2v) is 16.6. The van der Waals surface area contributed by atoms with E-state index in [1.807, 2.05) is 27.7 Å². The molecule has 0 bridgehead atoms. The first-order valence-corrected chi connectivity index (χ1v) is 20.8. The van der Waals surface area contributed by atoms with Gasteiger partial charge in [-0.3, -0.25) is 29.0 Å². The number of aromatic amines is 1. The molecule has 338 valence electrons. The smallest absolute Gasteiger partial charge is 0.326 e. The number of carboxylic acid groups (broad SMARTS) is 1. The average Bonchev–Trinajstić information content (AvgIpc) is 3.55. The number of phenolic OH excluding ortho intramolecular Hbond substituents is 1. The minimum Gasteiger partial charge on any atom is -0.506 e. The van der Waals surface area contributed by atoms with Crippen molar-refractivity contribution in [1.29, 1.82) is 0 Å². The summed E-state index contributed by atoms with van der Waals surface area (Å²) in [6.45, 7) is 9.14. The van der Waals surface area contributed by atoms with Gasteiger partial charge in [-0.2, -0.15) is 0 Å². The predicted octanol–water partition coefficient (Wildman–Crippen LogP) is 0.938. The monoisotopic (exact) mass is 875 g/mol. The van der Waals surface area contributed by atoms with E-state index in [0.29, 0.717) is 22.9 Å². The molecule has 0 unspecified atom stereocenters. The molecule has 61 heavy (non-hydrogen) atoms. The van der Waals surface area contributed by atoms with E-state index in [-0.39, 0.29) is 86.6 Å². The van der Waals surface area contributed by atoms with E-state index < -0.39 is 77.8 Å². The van der Waals surface area contributed by atoms with Gasteiger partial charge in [-0.15, -0.1) is 0 Å². The van der Waals surface area contributed by atoms with Gasteiger partial charge in [-0.25, -0.2) is 9.59 Å². The number of aliphatic carboxylic acids is 1. The molecule has 1 aliphatic heterocycles. The number of nitrogens with two attached hydrogens (primary N) is 2. The summed E-state index contributed by atoms with van der Waals surface area (Å²) in [5, 5.41) is 36.7. The fourth-order valence-corrected chi connectivity index (χ4v) is 7.07. The van der Waals surface area contributed by atoms with Crippen LogP contribution in [0.25, 0.3) is 10.9 Å². The number of carboxylic acids is 1. The topological polar surface area (TPSA) is 316 Å². The summed E-state index contributed by atoms with van der Waals surface area (Å²) < 4.78 is 0. The number of nitrogens with one attached hydrogen (secondary N) is 7. The van der Waals surface area contributed by atoms with Crippen molar-refractivity contribution in [2.24, 2.45) is 28.3 Å². The van der Waals surface area contributed by atoms with E-state index in [1.54, 1.807) is 12.3 Å². The first kappa shape index (κ1) is 49.6. The highest BCUT2D eigenvalue weighted by atomic mass is 35.5. The van der Waals surface area contributed by atoms with E-state index in [9.17, 15) is 43.8 Å². The van der Waals surface area contributed by atoms with Gasteiger partial charge in [0.25, 0.3) is 0 Å². The molecule has 1 aromatic heterocycles. The van der Waals surface area contributed by atoms with Crippen molar-refractivity contribution in [3.05, 3.63) is 28.9 Å². The highest BCUT2D eigenvalue weighted by Gasteiger charge is 2.36. The van der Waals surface area contributed by atoms with Crippen molar-refractivity contribution in [3.8, 4) is 5.75 Å². The lowest BCUT2D eigenvalue weighted by Gasteiger charge is -2.33. The summed E-state index contributed by atoms with van der Waals surface area (Å²) in [5.41, 5.74) is 11.8. The van der Waals surface area contributed by atoms with Crippen LogP contribution >= 0.6 is 11.6 Å². The van der Waals surface area contributed by atoms with Gasteiger partial charge in [-0.05, 0) is 81.4 Å². The number of nitrogens with zero attached hydrogens (tertiary/aromatic N) is 2. The fourth-order valence-electron chi connectivity index (χ4n) is 6.91. The summed E-state index contributed by atoms with van der Waals surface area (Å²) >= 11 is 6.12. The lowest BCUT2D eigenvalue weighted by atomic mass is 9.97. The Labute approximate surface area is 360 Å². The van der Waals surface area contributed by atoms with Crippen LogP contribution in [0.3, 0.4) is 0 Å². The number of fused-ring (bicyclic) bond motifs is 1. The second-order valence-electron chi connectivity index (χ2n) is 16.2. The molecule has 7 amide bonds. The van der Waals surface area contributed by atoms with Crippen molar-refractivity contribution >= 4 is 70.0 Å².